The Bertz CT molecular complexity index is 509. The van der Waals surface area contributed by atoms with Gasteiger partial charge in [0.15, 0.2) is 5.78 Å². The highest BCUT2D eigenvalue weighted by molar-refractivity contribution is 5.91. The van der Waals surface area contributed by atoms with Crippen molar-refractivity contribution >= 4 is 17.7 Å². The summed E-state index contributed by atoms with van der Waals surface area (Å²) in [6.45, 7) is 2.44. The predicted octanol–water partition coefficient (Wildman–Crippen LogP) is 3.68. The fourth-order valence-electron chi connectivity index (χ4n) is 4.80. The van der Waals surface area contributed by atoms with Gasteiger partial charge in [-0.1, -0.05) is 51.9 Å². The second-order valence-corrected chi connectivity index (χ2v) is 8.77. The van der Waals surface area contributed by atoms with Crippen molar-refractivity contribution in [3.63, 3.8) is 0 Å². The summed E-state index contributed by atoms with van der Waals surface area (Å²) < 4.78 is 0. The molecule has 2 aliphatic rings. The fraction of sp³-hybridized carbons (Fsp3) is 0.864. The van der Waals surface area contributed by atoms with Gasteiger partial charge in [-0.15, -0.1) is 0 Å². The normalized spacial score (nSPS) is 21.3. The van der Waals surface area contributed by atoms with Crippen LogP contribution in [0.5, 0.6) is 0 Å². The van der Waals surface area contributed by atoms with Crippen LogP contribution in [0.3, 0.4) is 0 Å². The first-order chi connectivity index (χ1) is 13.5. The molecule has 2 fully saturated rings. The molecule has 0 heterocycles. The number of carbonyl (C=O) groups excluding carboxylic acids is 3. The van der Waals surface area contributed by atoms with Gasteiger partial charge in [0.2, 0.25) is 5.91 Å². The number of Topliss-reactive ketones (excluding diaryl/α,β-unsaturated/α-hetero) is 1. The number of hydrogen-bond acceptors (Lipinski definition) is 3. The van der Waals surface area contributed by atoms with E-state index < -0.39 is 12.1 Å². The molecule has 2 rings (SSSR count). The molecule has 3 amide bonds. The number of urea groups is 1. The molecule has 0 aromatic rings. The molecule has 2 atom stereocenters. The van der Waals surface area contributed by atoms with E-state index in [0.29, 0.717) is 25.3 Å². The minimum Gasteiger partial charge on any atom is -0.352 e. The van der Waals surface area contributed by atoms with E-state index in [1.54, 1.807) is 0 Å². The quantitative estimate of drug-likeness (QED) is 0.411. The molecule has 0 spiro atoms. The minimum absolute atomic E-state index is 0.0175. The summed E-state index contributed by atoms with van der Waals surface area (Å²) in [5, 5.41) is 5.66. The van der Waals surface area contributed by atoms with Crippen molar-refractivity contribution in [3.8, 4) is 0 Å². The Morgan fingerprint density at radius 1 is 0.929 bits per heavy atom. The lowest BCUT2D eigenvalue weighted by molar-refractivity contribution is -0.133. The van der Waals surface area contributed by atoms with Crippen molar-refractivity contribution in [2.45, 2.75) is 96.4 Å². The highest BCUT2D eigenvalue weighted by Gasteiger charge is 2.32. The summed E-state index contributed by atoms with van der Waals surface area (Å²) in [7, 11) is 0. The van der Waals surface area contributed by atoms with Crippen molar-refractivity contribution in [2.24, 2.45) is 23.5 Å². The van der Waals surface area contributed by atoms with E-state index in [9.17, 15) is 14.4 Å². The SMILES string of the molecule is C[C@@H](C(=O)N[C@@H](CCCNC(N)=O)C(=O)C1CCCCC1)C1CCCCCC1. The molecule has 6 nitrogen and oxygen atoms in total. The van der Waals surface area contributed by atoms with Gasteiger partial charge in [-0.05, 0) is 44.4 Å². The molecule has 0 saturated heterocycles. The molecule has 2 aliphatic carbocycles. The molecular formula is C22H39N3O3. The van der Waals surface area contributed by atoms with Crippen LogP contribution in [0.2, 0.25) is 0 Å². The van der Waals surface area contributed by atoms with Crippen LogP contribution in [0, 0.1) is 17.8 Å². The van der Waals surface area contributed by atoms with Crippen LogP contribution >= 0.6 is 0 Å². The zero-order chi connectivity index (χ0) is 20.4. The highest BCUT2D eigenvalue weighted by atomic mass is 16.2. The molecule has 160 valence electrons. The summed E-state index contributed by atoms with van der Waals surface area (Å²) in [6.07, 6.45) is 13.6. The standard InChI is InChI=1S/C22H39N3O3/c1-16(17-10-5-2-3-6-11-17)21(27)25-19(14-9-15-24-22(23)28)20(26)18-12-7-4-8-13-18/h16-19H,2-15H2,1H3,(H,25,27)(H3,23,24,28)/t16-,19+/m1/s1. The molecule has 0 unspecified atom stereocenters. The first kappa shape index (κ1) is 22.7. The van der Waals surface area contributed by atoms with E-state index in [2.05, 4.69) is 10.6 Å². The third kappa shape index (κ3) is 7.44. The van der Waals surface area contributed by atoms with Crippen molar-refractivity contribution in [1.29, 1.82) is 0 Å². The average molecular weight is 394 g/mol. The van der Waals surface area contributed by atoms with Crippen LogP contribution in [0.15, 0.2) is 0 Å². The summed E-state index contributed by atoms with van der Waals surface area (Å²) in [4.78, 5) is 36.9. The number of carbonyl (C=O) groups is 3. The molecule has 0 aromatic carbocycles. The molecular weight excluding hydrogens is 354 g/mol. The number of nitrogens with one attached hydrogen (secondary N) is 2. The maximum absolute atomic E-state index is 13.1. The average Bonchev–Trinajstić information content (AvgIpc) is 2.99. The maximum Gasteiger partial charge on any atom is 0.312 e. The Labute approximate surface area is 169 Å². The van der Waals surface area contributed by atoms with Crippen molar-refractivity contribution in [2.75, 3.05) is 6.54 Å². The molecule has 6 heteroatoms. The van der Waals surface area contributed by atoms with Crippen LogP contribution < -0.4 is 16.4 Å². The van der Waals surface area contributed by atoms with Crippen LogP contribution in [0.4, 0.5) is 4.79 Å². The van der Waals surface area contributed by atoms with Crippen molar-refractivity contribution in [3.05, 3.63) is 0 Å². The summed E-state index contributed by atoms with van der Waals surface area (Å²) in [5.74, 6) is 0.633. The van der Waals surface area contributed by atoms with Gasteiger partial charge in [-0.2, -0.15) is 0 Å². The van der Waals surface area contributed by atoms with Crippen LogP contribution in [-0.2, 0) is 9.59 Å². The number of amides is 3. The lowest BCUT2D eigenvalue weighted by Crippen LogP contribution is -2.47. The molecule has 0 aromatic heterocycles. The molecule has 4 N–H and O–H groups in total. The fourth-order valence-corrected chi connectivity index (χ4v) is 4.80. The number of hydrogen-bond donors (Lipinski definition) is 3. The first-order valence-electron chi connectivity index (χ1n) is 11.4. The molecule has 0 bridgehead atoms. The lowest BCUT2D eigenvalue weighted by Gasteiger charge is -2.28. The summed E-state index contributed by atoms with van der Waals surface area (Å²) in [5.41, 5.74) is 5.12. The Hall–Kier alpha value is -1.59. The van der Waals surface area contributed by atoms with Gasteiger partial charge in [0.05, 0.1) is 6.04 Å². The summed E-state index contributed by atoms with van der Waals surface area (Å²) in [6, 6.07) is -1.00. The first-order valence-corrected chi connectivity index (χ1v) is 11.4. The largest absolute Gasteiger partial charge is 0.352 e. The highest BCUT2D eigenvalue weighted by Crippen LogP contribution is 2.30. The van der Waals surface area contributed by atoms with Gasteiger partial charge in [0.1, 0.15) is 0 Å². The monoisotopic (exact) mass is 393 g/mol. The zero-order valence-electron chi connectivity index (χ0n) is 17.5. The van der Waals surface area contributed by atoms with Crippen LogP contribution in [0.25, 0.3) is 0 Å². The topological polar surface area (TPSA) is 101 Å². The van der Waals surface area contributed by atoms with E-state index >= 15 is 0 Å². The Kier molecular flexibility index (Phi) is 9.79. The molecule has 28 heavy (non-hydrogen) atoms. The third-order valence-corrected chi connectivity index (χ3v) is 6.66. The molecule has 0 aliphatic heterocycles. The van der Waals surface area contributed by atoms with Gasteiger partial charge >= 0.3 is 6.03 Å². The number of nitrogens with two attached hydrogens (primary N) is 1. The Balaban J connectivity index is 1.94. The van der Waals surface area contributed by atoms with E-state index in [1.165, 1.54) is 32.1 Å². The zero-order valence-corrected chi connectivity index (χ0v) is 17.5. The molecule has 2 saturated carbocycles. The van der Waals surface area contributed by atoms with E-state index in [0.717, 1.165) is 38.5 Å². The number of ketones is 1. The van der Waals surface area contributed by atoms with Gasteiger partial charge < -0.3 is 16.4 Å². The van der Waals surface area contributed by atoms with E-state index in [-0.39, 0.29) is 23.5 Å². The third-order valence-electron chi connectivity index (χ3n) is 6.66. The van der Waals surface area contributed by atoms with Gasteiger partial charge in [-0.25, -0.2) is 4.79 Å². The molecule has 0 radical (unpaired) electrons. The number of primary amides is 1. The maximum atomic E-state index is 13.1. The van der Waals surface area contributed by atoms with Crippen LogP contribution in [0.1, 0.15) is 90.4 Å². The van der Waals surface area contributed by atoms with Gasteiger partial charge in [0, 0.05) is 18.4 Å². The Morgan fingerprint density at radius 3 is 2.11 bits per heavy atom. The van der Waals surface area contributed by atoms with Crippen molar-refractivity contribution < 1.29 is 14.4 Å². The predicted molar refractivity (Wildman–Crippen MR) is 111 cm³/mol. The van der Waals surface area contributed by atoms with E-state index in [4.69, 9.17) is 5.73 Å². The van der Waals surface area contributed by atoms with E-state index in [1.807, 2.05) is 6.92 Å². The second-order valence-electron chi connectivity index (χ2n) is 8.77. The van der Waals surface area contributed by atoms with Gasteiger partial charge in [0.25, 0.3) is 0 Å². The van der Waals surface area contributed by atoms with Crippen molar-refractivity contribution in [1.82, 2.24) is 10.6 Å². The minimum atomic E-state index is -0.554. The smallest absolute Gasteiger partial charge is 0.312 e. The van der Waals surface area contributed by atoms with Crippen LogP contribution in [-0.4, -0.2) is 30.3 Å². The van der Waals surface area contributed by atoms with Gasteiger partial charge in [-0.3, -0.25) is 9.59 Å². The number of rotatable bonds is 9. The second kappa shape index (κ2) is 12.1. The summed E-state index contributed by atoms with van der Waals surface area (Å²) >= 11 is 0. The Morgan fingerprint density at radius 2 is 1.50 bits per heavy atom. The lowest BCUT2D eigenvalue weighted by atomic mass is 9.82.